The van der Waals surface area contributed by atoms with Crippen LogP contribution in [-0.4, -0.2) is 14.6 Å². The lowest BCUT2D eigenvalue weighted by Gasteiger charge is -2.11. The van der Waals surface area contributed by atoms with Gasteiger partial charge in [-0.25, -0.2) is 5.26 Å². The number of hydrogen-bond acceptors (Lipinski definition) is 1. The molecule has 1 nitrogen and oxygen atoms in total. The zero-order valence-corrected chi connectivity index (χ0v) is 9.66. The minimum absolute atomic E-state index is 0.119. The fraction of sp³-hybridized carbons (Fsp3) is 0.417. The van der Waals surface area contributed by atoms with Crippen molar-refractivity contribution >= 4 is 14.6 Å². The van der Waals surface area contributed by atoms with Gasteiger partial charge in [0.2, 0.25) is 0 Å². The molecule has 76 valence electrons. The molecule has 0 aromatic carbocycles. The predicted molar refractivity (Wildman–Crippen MR) is 69.0 cm³/mol. The Kier molecular flexibility index (Phi) is 6.62. The van der Waals surface area contributed by atoms with Crippen LogP contribution >= 0.6 is 0 Å². The van der Waals surface area contributed by atoms with Crippen molar-refractivity contribution in [3.63, 3.8) is 0 Å². The Hall–Kier alpha value is -1.16. The van der Waals surface area contributed by atoms with Crippen molar-refractivity contribution in [3.05, 3.63) is 36.4 Å². The first kappa shape index (κ1) is 13.8. The molecule has 0 saturated carbocycles. The number of nitriles is 1. The van der Waals surface area contributed by atoms with Crippen LogP contribution in [0.3, 0.4) is 0 Å². The maximum absolute atomic E-state index is 8.65. The van der Waals surface area contributed by atoms with E-state index in [1.807, 2.05) is 12.9 Å². The normalized spacial score (nSPS) is 12.1. The van der Waals surface area contributed by atoms with E-state index in [-0.39, 0.29) is 6.71 Å². The Balaban J connectivity index is 4.01. The van der Waals surface area contributed by atoms with Crippen molar-refractivity contribution < 1.29 is 0 Å². The molecule has 1 atom stereocenters. The van der Waals surface area contributed by atoms with E-state index in [2.05, 4.69) is 26.1 Å². The van der Waals surface area contributed by atoms with Crippen LogP contribution in [0.5, 0.6) is 0 Å². The minimum atomic E-state index is 0.119. The zero-order chi connectivity index (χ0) is 11.8. The Morgan fingerprint density at radius 3 is 2.60 bits per heavy atom. The third-order valence-electron chi connectivity index (χ3n) is 2.40. The van der Waals surface area contributed by atoms with Gasteiger partial charge >= 0.3 is 0 Å². The van der Waals surface area contributed by atoms with Crippen LogP contribution in [0.4, 0.5) is 0 Å². The summed E-state index contributed by atoms with van der Waals surface area (Å²) in [5, 5.41) is 8.65. The van der Waals surface area contributed by atoms with Crippen LogP contribution in [-0.2, 0) is 0 Å². The van der Waals surface area contributed by atoms with Crippen molar-refractivity contribution in [2.45, 2.75) is 26.5 Å². The van der Waals surface area contributed by atoms with Gasteiger partial charge in [0.25, 0.3) is 6.71 Å². The lowest BCUT2D eigenvalue weighted by atomic mass is 9.50. The highest BCUT2D eigenvalue weighted by Gasteiger charge is 2.09. The molecule has 1 unspecified atom stereocenters. The Labute approximate surface area is 95.1 Å². The van der Waals surface area contributed by atoms with Crippen LogP contribution in [0.15, 0.2) is 36.4 Å². The van der Waals surface area contributed by atoms with E-state index in [0.717, 1.165) is 18.3 Å². The molecular weight excluding hydrogens is 180 g/mol. The van der Waals surface area contributed by atoms with Crippen LogP contribution in [0, 0.1) is 17.1 Å². The highest BCUT2D eigenvalue weighted by atomic mass is 14.2. The van der Waals surface area contributed by atoms with Crippen LogP contribution < -0.4 is 0 Å². The fourth-order valence-corrected chi connectivity index (χ4v) is 1.13. The van der Waals surface area contributed by atoms with E-state index in [4.69, 9.17) is 13.1 Å². The molecule has 0 aliphatic carbocycles. The number of allylic oxidation sites excluding steroid dienone is 4. The van der Waals surface area contributed by atoms with Crippen LogP contribution in [0.1, 0.15) is 13.3 Å². The molecule has 3 heteroatoms. The average Bonchev–Trinajstić information content (AvgIpc) is 2.21. The summed E-state index contributed by atoms with van der Waals surface area (Å²) >= 11 is 0. The highest BCUT2D eigenvalue weighted by molar-refractivity contribution is 6.65. The van der Waals surface area contributed by atoms with Gasteiger partial charge in [-0.05, 0) is 5.92 Å². The molecular formula is C12H17B2N. The summed E-state index contributed by atoms with van der Waals surface area (Å²) in [5.41, 5.74) is 1.57. The third-order valence-corrected chi connectivity index (χ3v) is 2.40. The lowest BCUT2D eigenvalue weighted by molar-refractivity contribution is 0.669. The molecule has 0 N–H and O–H groups in total. The second-order valence-electron chi connectivity index (χ2n) is 3.99. The topological polar surface area (TPSA) is 23.8 Å². The molecule has 0 heterocycles. The van der Waals surface area contributed by atoms with Crippen molar-refractivity contribution in [1.82, 2.24) is 0 Å². The van der Waals surface area contributed by atoms with Crippen molar-refractivity contribution in [3.8, 4) is 5.97 Å². The SMILES string of the molecule is [B]C(=C)/C=C\C(=C)C(C)CCB(C)C#N. The van der Waals surface area contributed by atoms with Gasteiger partial charge in [0.1, 0.15) is 7.85 Å². The Morgan fingerprint density at radius 2 is 2.13 bits per heavy atom. The molecule has 0 aromatic rings. The first-order valence-electron chi connectivity index (χ1n) is 5.18. The number of rotatable bonds is 6. The molecule has 0 saturated heterocycles. The summed E-state index contributed by atoms with van der Waals surface area (Å²) in [6.07, 6.45) is 5.54. The number of hydrogen-bond donors (Lipinski definition) is 0. The molecule has 15 heavy (non-hydrogen) atoms. The maximum Gasteiger partial charge on any atom is 0.264 e. The Bertz CT molecular complexity index is 299. The molecule has 0 aromatic heterocycles. The molecule has 0 rings (SSSR count). The summed E-state index contributed by atoms with van der Waals surface area (Å²) in [7, 11) is 5.42. The van der Waals surface area contributed by atoms with Gasteiger partial charge in [-0.15, -0.1) is 12.1 Å². The predicted octanol–water partition coefficient (Wildman–Crippen LogP) is 2.99. The molecule has 0 fully saturated rings. The fourth-order valence-electron chi connectivity index (χ4n) is 1.13. The van der Waals surface area contributed by atoms with Crippen molar-refractivity contribution in [2.75, 3.05) is 0 Å². The van der Waals surface area contributed by atoms with Crippen molar-refractivity contribution in [1.29, 1.82) is 5.26 Å². The molecule has 0 aliphatic rings. The summed E-state index contributed by atoms with van der Waals surface area (Å²) in [5.74, 6) is 2.61. The average molecular weight is 197 g/mol. The smallest absolute Gasteiger partial charge is 0.213 e. The lowest BCUT2D eigenvalue weighted by Crippen LogP contribution is -2.06. The first-order chi connectivity index (χ1) is 6.97. The Morgan fingerprint density at radius 1 is 1.53 bits per heavy atom. The summed E-state index contributed by atoms with van der Waals surface area (Å²) in [4.78, 5) is 0. The first-order valence-corrected chi connectivity index (χ1v) is 5.18. The van der Waals surface area contributed by atoms with Crippen LogP contribution in [0.2, 0.25) is 13.1 Å². The van der Waals surface area contributed by atoms with Gasteiger partial charge in [-0.2, -0.15) is 0 Å². The maximum atomic E-state index is 8.65. The largest absolute Gasteiger partial charge is 0.264 e. The molecule has 0 aliphatic heterocycles. The highest BCUT2D eigenvalue weighted by Crippen LogP contribution is 2.17. The van der Waals surface area contributed by atoms with Crippen molar-refractivity contribution in [2.24, 2.45) is 5.92 Å². The second kappa shape index (κ2) is 7.17. The van der Waals surface area contributed by atoms with Crippen LogP contribution in [0.25, 0.3) is 0 Å². The molecule has 2 radical (unpaired) electrons. The van der Waals surface area contributed by atoms with Gasteiger partial charge in [-0.1, -0.05) is 50.8 Å². The van der Waals surface area contributed by atoms with E-state index in [0.29, 0.717) is 11.4 Å². The minimum Gasteiger partial charge on any atom is -0.213 e. The summed E-state index contributed by atoms with van der Waals surface area (Å²) in [6.45, 7) is 11.7. The van der Waals surface area contributed by atoms with Gasteiger partial charge < -0.3 is 0 Å². The quantitative estimate of drug-likeness (QED) is 0.474. The zero-order valence-electron chi connectivity index (χ0n) is 9.66. The van der Waals surface area contributed by atoms with Gasteiger partial charge in [0.15, 0.2) is 0 Å². The van der Waals surface area contributed by atoms with E-state index in [9.17, 15) is 0 Å². The van der Waals surface area contributed by atoms with E-state index >= 15 is 0 Å². The number of nitrogens with zero attached hydrogens (tertiary/aromatic N) is 1. The molecule has 0 bridgehead atoms. The van der Waals surface area contributed by atoms with Gasteiger partial charge in [0.05, 0.1) is 0 Å². The second-order valence-corrected chi connectivity index (χ2v) is 3.99. The van der Waals surface area contributed by atoms with E-state index < -0.39 is 0 Å². The van der Waals surface area contributed by atoms with Gasteiger partial charge in [0, 0.05) is 5.97 Å². The summed E-state index contributed by atoms with van der Waals surface area (Å²) < 4.78 is 0. The molecule has 0 amide bonds. The standard InChI is InChI=1S/C12H17B2N/c1-10(5-6-12(3)13)11(2)7-8-14(4)9-15/h5-6,11H,1,3,7-8H2,2,4H3/b6-5-. The van der Waals surface area contributed by atoms with Gasteiger partial charge in [-0.3, -0.25) is 0 Å². The monoisotopic (exact) mass is 197 g/mol. The summed E-state index contributed by atoms with van der Waals surface area (Å²) in [6, 6.07) is 0. The van der Waals surface area contributed by atoms with E-state index in [1.165, 1.54) is 0 Å². The third kappa shape index (κ3) is 6.85. The molecule has 0 spiro atoms. The van der Waals surface area contributed by atoms with E-state index in [1.54, 1.807) is 6.08 Å².